The Hall–Kier alpha value is -1.82. The van der Waals surface area contributed by atoms with E-state index in [1.165, 1.54) is 0 Å². The monoisotopic (exact) mass is 433 g/mol. The molecule has 2 aromatic rings. The van der Waals surface area contributed by atoms with Crippen molar-refractivity contribution in [3.63, 3.8) is 0 Å². The summed E-state index contributed by atoms with van der Waals surface area (Å²) >= 11 is 6.06. The highest BCUT2D eigenvalue weighted by Crippen LogP contribution is 2.37. The van der Waals surface area contributed by atoms with Crippen LogP contribution >= 0.6 is 11.6 Å². The number of benzene rings is 2. The Bertz CT molecular complexity index is 788. The highest BCUT2D eigenvalue weighted by Gasteiger charge is 2.38. The molecule has 158 valence electrons. The molecule has 6 heteroatoms. The SMILES string of the molecule is CN(C(=O)OCc1ccccc1)[C@H](CO[Si](C)(C)C(C)(C)C)c1ccc(Cl)cc1. The second-order valence-electron chi connectivity index (χ2n) is 8.79. The first-order valence-corrected chi connectivity index (χ1v) is 13.1. The number of halogens is 1. The van der Waals surface area contributed by atoms with Crippen LogP contribution in [-0.4, -0.2) is 33.0 Å². The molecule has 29 heavy (non-hydrogen) atoms. The molecule has 0 aliphatic heterocycles. The highest BCUT2D eigenvalue weighted by molar-refractivity contribution is 6.74. The van der Waals surface area contributed by atoms with Crippen LogP contribution in [0.4, 0.5) is 4.79 Å². The van der Waals surface area contributed by atoms with Gasteiger partial charge in [-0.15, -0.1) is 0 Å². The van der Waals surface area contributed by atoms with Gasteiger partial charge in [0.2, 0.25) is 0 Å². The molecule has 0 fully saturated rings. The summed E-state index contributed by atoms with van der Waals surface area (Å²) in [5.41, 5.74) is 1.92. The van der Waals surface area contributed by atoms with Gasteiger partial charge in [0.05, 0.1) is 12.6 Å². The molecule has 0 aliphatic carbocycles. The van der Waals surface area contributed by atoms with Gasteiger partial charge in [-0.1, -0.05) is 74.8 Å². The average molecular weight is 434 g/mol. The highest BCUT2D eigenvalue weighted by atomic mass is 35.5. The molecular weight excluding hydrogens is 402 g/mol. The third kappa shape index (κ3) is 6.59. The maximum absolute atomic E-state index is 12.8. The first kappa shape index (κ1) is 23.5. The molecule has 0 unspecified atom stereocenters. The summed E-state index contributed by atoms with van der Waals surface area (Å²) in [5, 5.41) is 0.747. The standard InChI is InChI=1S/C23H32ClNO3Si/c1-23(2,3)29(5,6)28-17-21(19-12-14-20(24)15-13-19)25(4)22(26)27-16-18-10-8-7-9-11-18/h7-15,21H,16-17H2,1-6H3/t21-/m1/s1. The van der Waals surface area contributed by atoms with Crippen molar-refractivity contribution < 1.29 is 14.0 Å². The predicted molar refractivity (Wildman–Crippen MR) is 122 cm³/mol. The van der Waals surface area contributed by atoms with E-state index in [1.54, 1.807) is 11.9 Å². The fourth-order valence-corrected chi connectivity index (χ4v) is 3.70. The van der Waals surface area contributed by atoms with Gasteiger partial charge in [0.25, 0.3) is 0 Å². The van der Waals surface area contributed by atoms with Gasteiger partial charge in [0, 0.05) is 12.1 Å². The quantitative estimate of drug-likeness (QED) is 0.457. The van der Waals surface area contributed by atoms with Crippen LogP contribution < -0.4 is 0 Å². The van der Waals surface area contributed by atoms with Crippen LogP contribution in [0.3, 0.4) is 0 Å². The van der Waals surface area contributed by atoms with E-state index in [4.69, 9.17) is 20.8 Å². The van der Waals surface area contributed by atoms with Gasteiger partial charge >= 0.3 is 6.09 Å². The number of carbonyl (C=O) groups excluding carboxylic acids is 1. The van der Waals surface area contributed by atoms with Crippen molar-refractivity contribution in [2.75, 3.05) is 13.7 Å². The van der Waals surface area contributed by atoms with Gasteiger partial charge < -0.3 is 14.1 Å². The number of hydrogen-bond donors (Lipinski definition) is 0. The van der Waals surface area contributed by atoms with Crippen LogP contribution in [0.25, 0.3) is 0 Å². The minimum atomic E-state index is -1.97. The van der Waals surface area contributed by atoms with Crippen LogP contribution in [0.2, 0.25) is 23.2 Å². The lowest BCUT2D eigenvalue weighted by atomic mass is 10.1. The summed E-state index contributed by atoms with van der Waals surface area (Å²) in [6.45, 7) is 11.7. The summed E-state index contributed by atoms with van der Waals surface area (Å²) < 4.78 is 12.0. The van der Waals surface area contributed by atoms with Crippen LogP contribution in [0.15, 0.2) is 54.6 Å². The summed E-state index contributed by atoms with van der Waals surface area (Å²) in [6.07, 6.45) is -0.382. The maximum atomic E-state index is 12.8. The molecule has 0 aliphatic rings. The topological polar surface area (TPSA) is 38.8 Å². The Kier molecular flexibility index (Phi) is 7.92. The molecular formula is C23H32ClNO3Si. The van der Waals surface area contributed by atoms with Gasteiger partial charge in [-0.2, -0.15) is 0 Å². The van der Waals surface area contributed by atoms with E-state index in [0.29, 0.717) is 11.6 Å². The fraction of sp³-hybridized carbons (Fsp3) is 0.435. The third-order valence-corrected chi connectivity index (χ3v) is 10.4. The lowest BCUT2D eigenvalue weighted by molar-refractivity contribution is 0.0773. The van der Waals surface area contributed by atoms with Crippen molar-refractivity contribution in [3.8, 4) is 0 Å². The average Bonchev–Trinajstić information content (AvgIpc) is 2.67. The summed E-state index contributed by atoms with van der Waals surface area (Å²) in [7, 11) is -0.217. The smallest absolute Gasteiger partial charge is 0.410 e. The fourth-order valence-electron chi connectivity index (χ4n) is 2.57. The number of hydrogen-bond acceptors (Lipinski definition) is 3. The van der Waals surface area contributed by atoms with Crippen molar-refractivity contribution in [3.05, 3.63) is 70.7 Å². The predicted octanol–water partition coefficient (Wildman–Crippen LogP) is 6.67. The minimum absolute atomic E-state index is 0.0872. The van der Waals surface area contributed by atoms with Crippen LogP contribution in [0, 0.1) is 0 Å². The van der Waals surface area contributed by atoms with E-state index in [1.807, 2.05) is 54.6 Å². The van der Waals surface area contributed by atoms with E-state index in [2.05, 4.69) is 33.9 Å². The van der Waals surface area contributed by atoms with Crippen LogP contribution in [0.1, 0.15) is 37.9 Å². The maximum Gasteiger partial charge on any atom is 0.410 e. The van der Waals surface area contributed by atoms with Crippen molar-refractivity contribution in [1.29, 1.82) is 0 Å². The zero-order valence-corrected chi connectivity index (χ0v) is 20.0. The summed E-state index contributed by atoms with van der Waals surface area (Å²) in [6, 6.07) is 16.9. The third-order valence-electron chi connectivity index (χ3n) is 5.62. The Morgan fingerprint density at radius 3 is 2.21 bits per heavy atom. The number of likely N-dealkylation sites (N-methyl/N-ethyl adjacent to an activating group) is 1. The molecule has 4 nitrogen and oxygen atoms in total. The van der Waals surface area contributed by atoms with Gasteiger partial charge in [0.15, 0.2) is 8.32 Å². The van der Waals surface area contributed by atoms with Crippen LogP contribution in [-0.2, 0) is 15.8 Å². The number of amides is 1. The largest absolute Gasteiger partial charge is 0.445 e. The van der Waals surface area contributed by atoms with Gasteiger partial charge in [-0.05, 0) is 41.4 Å². The lowest BCUT2D eigenvalue weighted by Crippen LogP contribution is -2.44. The molecule has 0 heterocycles. The van der Waals surface area contributed by atoms with Crippen molar-refractivity contribution in [1.82, 2.24) is 4.90 Å². The van der Waals surface area contributed by atoms with Crippen molar-refractivity contribution in [2.24, 2.45) is 0 Å². The number of nitrogens with zero attached hydrogens (tertiary/aromatic N) is 1. The van der Waals surface area contributed by atoms with Crippen LogP contribution in [0.5, 0.6) is 0 Å². The minimum Gasteiger partial charge on any atom is -0.445 e. The Balaban J connectivity index is 2.15. The molecule has 0 saturated heterocycles. The number of carbonyl (C=O) groups is 1. The number of ether oxygens (including phenoxy) is 1. The Morgan fingerprint density at radius 2 is 1.66 bits per heavy atom. The second-order valence-corrected chi connectivity index (χ2v) is 14.0. The molecule has 0 spiro atoms. The Morgan fingerprint density at radius 1 is 1.07 bits per heavy atom. The van der Waals surface area contributed by atoms with Crippen molar-refractivity contribution >= 4 is 26.0 Å². The molecule has 2 aromatic carbocycles. The molecule has 1 amide bonds. The van der Waals surface area contributed by atoms with E-state index in [-0.39, 0.29) is 23.8 Å². The Labute approximate surface area is 180 Å². The first-order valence-electron chi connectivity index (χ1n) is 9.84. The van der Waals surface area contributed by atoms with Gasteiger partial charge in [0.1, 0.15) is 6.61 Å². The summed E-state index contributed by atoms with van der Waals surface area (Å²) in [4.78, 5) is 14.4. The van der Waals surface area contributed by atoms with E-state index < -0.39 is 8.32 Å². The zero-order chi connectivity index (χ0) is 21.7. The normalized spacial score (nSPS) is 13.1. The van der Waals surface area contributed by atoms with E-state index in [0.717, 1.165) is 11.1 Å². The molecule has 0 aromatic heterocycles. The second kappa shape index (κ2) is 9.79. The molecule has 1 atom stereocenters. The molecule has 0 radical (unpaired) electrons. The zero-order valence-electron chi connectivity index (χ0n) is 18.2. The van der Waals surface area contributed by atoms with Crippen molar-refractivity contribution in [2.45, 2.75) is 51.6 Å². The molecule has 0 N–H and O–H groups in total. The van der Waals surface area contributed by atoms with Gasteiger partial charge in [-0.3, -0.25) is 0 Å². The van der Waals surface area contributed by atoms with E-state index in [9.17, 15) is 4.79 Å². The van der Waals surface area contributed by atoms with E-state index >= 15 is 0 Å². The number of rotatable bonds is 7. The molecule has 2 rings (SSSR count). The molecule has 0 bridgehead atoms. The lowest BCUT2D eigenvalue weighted by Gasteiger charge is -2.38. The first-order chi connectivity index (χ1) is 13.5. The summed E-state index contributed by atoms with van der Waals surface area (Å²) in [5.74, 6) is 0. The van der Waals surface area contributed by atoms with Gasteiger partial charge in [-0.25, -0.2) is 4.79 Å². The molecule has 0 saturated carbocycles.